The van der Waals surface area contributed by atoms with Crippen molar-refractivity contribution in [1.29, 1.82) is 0 Å². The summed E-state index contributed by atoms with van der Waals surface area (Å²) in [5.74, 6) is 0.0502. The Morgan fingerprint density at radius 2 is 2.50 bits per heavy atom. The second-order valence-electron chi connectivity index (χ2n) is 4.12. The van der Waals surface area contributed by atoms with E-state index in [4.69, 9.17) is 16.3 Å². The van der Waals surface area contributed by atoms with E-state index in [0.29, 0.717) is 26.2 Å². The molecule has 1 unspecified atom stereocenters. The fourth-order valence-electron chi connectivity index (χ4n) is 1.90. The third-order valence-corrected chi connectivity index (χ3v) is 4.09. The van der Waals surface area contributed by atoms with Gasteiger partial charge in [0.05, 0.1) is 17.5 Å². The molecule has 1 aliphatic rings. The highest BCUT2D eigenvalue weighted by Crippen LogP contribution is 2.23. The minimum Gasteiger partial charge on any atom is -0.366 e. The molecule has 1 aromatic rings. The summed E-state index contributed by atoms with van der Waals surface area (Å²) in [6.45, 7) is 5.26. The fraction of sp³-hybridized carbons (Fsp3) is 0.583. The van der Waals surface area contributed by atoms with Crippen LogP contribution in [0.25, 0.3) is 0 Å². The highest BCUT2D eigenvalue weighted by Gasteiger charge is 2.26. The molecule has 0 aromatic carbocycles. The van der Waals surface area contributed by atoms with Crippen LogP contribution in [0.3, 0.4) is 0 Å². The monoisotopic (exact) mass is 288 g/mol. The molecule has 1 atom stereocenters. The minimum absolute atomic E-state index is 0.0502. The van der Waals surface area contributed by atoms with Crippen LogP contribution >= 0.6 is 22.9 Å². The molecule has 2 rings (SSSR count). The van der Waals surface area contributed by atoms with Crippen molar-refractivity contribution in [3.8, 4) is 0 Å². The fourth-order valence-corrected chi connectivity index (χ4v) is 3.00. The van der Waals surface area contributed by atoms with E-state index in [1.165, 1.54) is 11.3 Å². The summed E-state index contributed by atoms with van der Waals surface area (Å²) in [6.07, 6.45) is -0.353. The van der Waals surface area contributed by atoms with E-state index in [9.17, 15) is 4.79 Å². The number of thiophene rings is 1. The largest absolute Gasteiger partial charge is 0.366 e. The Kier molecular flexibility index (Phi) is 5.00. The van der Waals surface area contributed by atoms with Gasteiger partial charge in [-0.25, -0.2) is 0 Å². The Bertz CT molecular complexity index is 405. The molecule has 4 nitrogen and oxygen atoms in total. The van der Waals surface area contributed by atoms with Crippen LogP contribution < -0.4 is 5.32 Å². The van der Waals surface area contributed by atoms with Gasteiger partial charge >= 0.3 is 0 Å². The van der Waals surface area contributed by atoms with Gasteiger partial charge in [-0.15, -0.1) is 11.3 Å². The van der Waals surface area contributed by atoms with Crippen LogP contribution in [0.15, 0.2) is 12.1 Å². The molecule has 0 saturated carbocycles. The molecule has 0 spiro atoms. The van der Waals surface area contributed by atoms with Crippen LogP contribution in [-0.4, -0.2) is 43.2 Å². The van der Waals surface area contributed by atoms with Gasteiger partial charge in [0.25, 0.3) is 5.91 Å². The average molecular weight is 289 g/mol. The SMILES string of the molecule is CCN(Cc1ccc(Cl)s1)C(=O)C1CNCCO1. The highest BCUT2D eigenvalue weighted by atomic mass is 35.5. The molecular formula is C12H17ClN2O2S. The summed E-state index contributed by atoms with van der Waals surface area (Å²) in [6, 6.07) is 3.82. The number of hydrogen-bond donors (Lipinski definition) is 1. The summed E-state index contributed by atoms with van der Waals surface area (Å²) in [5.41, 5.74) is 0. The lowest BCUT2D eigenvalue weighted by atomic mass is 10.2. The van der Waals surface area contributed by atoms with Crippen molar-refractivity contribution in [3.63, 3.8) is 0 Å². The molecule has 0 radical (unpaired) electrons. The predicted molar refractivity (Wildman–Crippen MR) is 73.0 cm³/mol. The standard InChI is InChI=1S/C12H17ClN2O2S/c1-2-15(8-9-3-4-11(13)18-9)12(16)10-7-14-5-6-17-10/h3-4,10,14H,2,5-8H2,1H3. The first-order valence-electron chi connectivity index (χ1n) is 6.06. The number of halogens is 1. The molecule has 100 valence electrons. The third-order valence-electron chi connectivity index (χ3n) is 2.87. The Hall–Kier alpha value is -0.620. The van der Waals surface area contributed by atoms with Crippen LogP contribution in [0.4, 0.5) is 0 Å². The molecule has 6 heteroatoms. The van der Waals surface area contributed by atoms with Gasteiger partial charge in [-0.05, 0) is 19.1 Å². The van der Waals surface area contributed by atoms with Crippen molar-refractivity contribution >= 4 is 28.8 Å². The van der Waals surface area contributed by atoms with Crippen LogP contribution in [0, 0.1) is 0 Å². The van der Waals surface area contributed by atoms with Crippen molar-refractivity contribution in [2.75, 3.05) is 26.2 Å². The Morgan fingerprint density at radius 3 is 3.06 bits per heavy atom. The number of nitrogens with zero attached hydrogens (tertiary/aromatic N) is 1. The van der Waals surface area contributed by atoms with Gasteiger partial charge in [-0.1, -0.05) is 11.6 Å². The Morgan fingerprint density at radius 1 is 1.67 bits per heavy atom. The quantitative estimate of drug-likeness (QED) is 0.918. The Labute approximate surface area is 116 Å². The zero-order valence-electron chi connectivity index (χ0n) is 10.3. The van der Waals surface area contributed by atoms with E-state index in [0.717, 1.165) is 15.8 Å². The van der Waals surface area contributed by atoms with Crippen molar-refractivity contribution in [1.82, 2.24) is 10.2 Å². The van der Waals surface area contributed by atoms with Crippen LogP contribution in [0.2, 0.25) is 4.34 Å². The first-order valence-corrected chi connectivity index (χ1v) is 7.25. The van der Waals surface area contributed by atoms with Gasteiger partial charge in [0.2, 0.25) is 0 Å². The Balaban J connectivity index is 1.96. The van der Waals surface area contributed by atoms with Crippen LogP contribution in [0.1, 0.15) is 11.8 Å². The van der Waals surface area contributed by atoms with Crippen LogP contribution in [-0.2, 0) is 16.1 Å². The van der Waals surface area contributed by atoms with Crippen molar-refractivity contribution in [3.05, 3.63) is 21.3 Å². The number of nitrogens with one attached hydrogen (secondary N) is 1. The lowest BCUT2D eigenvalue weighted by molar-refractivity contribution is -0.145. The second kappa shape index (κ2) is 6.52. The van der Waals surface area contributed by atoms with E-state index in [-0.39, 0.29) is 12.0 Å². The lowest BCUT2D eigenvalue weighted by Gasteiger charge is -2.28. The van der Waals surface area contributed by atoms with Gasteiger partial charge in [0.15, 0.2) is 0 Å². The molecule has 1 N–H and O–H groups in total. The zero-order valence-corrected chi connectivity index (χ0v) is 11.9. The summed E-state index contributed by atoms with van der Waals surface area (Å²) in [5, 5.41) is 3.17. The van der Waals surface area contributed by atoms with Gasteiger partial charge < -0.3 is 15.0 Å². The van der Waals surface area contributed by atoms with Crippen molar-refractivity contribution < 1.29 is 9.53 Å². The van der Waals surface area contributed by atoms with E-state index < -0.39 is 0 Å². The molecule has 1 saturated heterocycles. The maximum Gasteiger partial charge on any atom is 0.253 e. The van der Waals surface area contributed by atoms with E-state index in [1.54, 1.807) is 4.90 Å². The maximum atomic E-state index is 12.3. The molecule has 2 heterocycles. The summed E-state index contributed by atoms with van der Waals surface area (Å²) in [7, 11) is 0. The summed E-state index contributed by atoms with van der Waals surface area (Å²) < 4.78 is 6.24. The average Bonchev–Trinajstić information content (AvgIpc) is 2.82. The van der Waals surface area contributed by atoms with E-state index >= 15 is 0 Å². The smallest absolute Gasteiger partial charge is 0.253 e. The van der Waals surface area contributed by atoms with Gasteiger partial charge in [-0.3, -0.25) is 4.79 Å². The topological polar surface area (TPSA) is 41.6 Å². The lowest BCUT2D eigenvalue weighted by Crippen LogP contribution is -2.49. The molecule has 18 heavy (non-hydrogen) atoms. The number of morpholine rings is 1. The molecule has 1 aliphatic heterocycles. The molecule has 0 bridgehead atoms. The molecular weight excluding hydrogens is 272 g/mol. The number of ether oxygens (including phenoxy) is 1. The maximum absolute atomic E-state index is 12.3. The van der Waals surface area contributed by atoms with Gasteiger partial charge in [0, 0.05) is 24.5 Å². The third kappa shape index (κ3) is 3.45. The van der Waals surface area contributed by atoms with Gasteiger partial charge in [-0.2, -0.15) is 0 Å². The number of amides is 1. The van der Waals surface area contributed by atoms with Crippen molar-refractivity contribution in [2.45, 2.75) is 19.6 Å². The number of rotatable bonds is 4. The highest BCUT2D eigenvalue weighted by molar-refractivity contribution is 7.16. The number of likely N-dealkylation sites (N-methyl/N-ethyl adjacent to an activating group) is 1. The number of hydrogen-bond acceptors (Lipinski definition) is 4. The molecule has 1 aromatic heterocycles. The first kappa shape index (κ1) is 13.8. The molecule has 1 fully saturated rings. The van der Waals surface area contributed by atoms with E-state index in [2.05, 4.69) is 5.32 Å². The van der Waals surface area contributed by atoms with Crippen molar-refractivity contribution in [2.24, 2.45) is 0 Å². The van der Waals surface area contributed by atoms with E-state index in [1.807, 2.05) is 19.1 Å². The van der Waals surface area contributed by atoms with Crippen LogP contribution in [0.5, 0.6) is 0 Å². The second-order valence-corrected chi connectivity index (χ2v) is 5.92. The predicted octanol–water partition coefficient (Wildman–Crippen LogP) is 1.74. The number of carbonyl (C=O) groups excluding carboxylic acids is 1. The number of carbonyl (C=O) groups is 1. The molecule has 0 aliphatic carbocycles. The normalized spacial score (nSPS) is 19.8. The van der Waals surface area contributed by atoms with Gasteiger partial charge in [0.1, 0.15) is 6.10 Å². The first-order chi connectivity index (χ1) is 8.70. The summed E-state index contributed by atoms with van der Waals surface area (Å²) in [4.78, 5) is 15.2. The minimum atomic E-state index is -0.353. The molecule has 1 amide bonds. The summed E-state index contributed by atoms with van der Waals surface area (Å²) >= 11 is 7.41. The zero-order chi connectivity index (χ0) is 13.0.